The van der Waals surface area contributed by atoms with Crippen LogP contribution in [0.1, 0.15) is 26.3 Å². The van der Waals surface area contributed by atoms with Gasteiger partial charge in [0.05, 0.1) is 0 Å². The lowest BCUT2D eigenvalue weighted by Crippen LogP contribution is -2.33. The van der Waals surface area contributed by atoms with Gasteiger partial charge in [-0.2, -0.15) is 0 Å². The highest BCUT2D eigenvalue weighted by molar-refractivity contribution is 9.10. The minimum absolute atomic E-state index is 0.538. The first-order chi connectivity index (χ1) is 6.58. The topological polar surface area (TPSA) is 12.0 Å². The van der Waals surface area contributed by atoms with E-state index in [2.05, 4.69) is 66.3 Å². The summed E-state index contributed by atoms with van der Waals surface area (Å²) in [5.74, 6) is 0. The van der Waals surface area contributed by atoms with Gasteiger partial charge in [0, 0.05) is 16.6 Å². The van der Waals surface area contributed by atoms with Gasteiger partial charge >= 0.3 is 0 Å². The Morgan fingerprint density at radius 1 is 1.14 bits per heavy atom. The molecule has 0 aliphatic rings. The lowest BCUT2D eigenvalue weighted by molar-refractivity contribution is 0.488. The maximum absolute atomic E-state index is 3.49. The second-order valence-electron chi connectivity index (χ2n) is 4.05. The highest BCUT2D eigenvalue weighted by atomic mass is 79.9. The van der Waals surface area contributed by atoms with Gasteiger partial charge in [-0.15, -0.1) is 0 Å². The molecule has 1 aromatic carbocycles. The smallest absolute Gasteiger partial charge is 0.0175 e. The molecule has 0 amide bonds. The molecule has 0 fully saturated rings. The van der Waals surface area contributed by atoms with Crippen molar-refractivity contribution in [1.82, 2.24) is 5.32 Å². The quantitative estimate of drug-likeness (QED) is 0.870. The van der Waals surface area contributed by atoms with Crippen molar-refractivity contribution in [2.24, 2.45) is 0 Å². The van der Waals surface area contributed by atoms with Crippen LogP contribution in [0.25, 0.3) is 0 Å². The molecule has 0 saturated carbocycles. The van der Waals surface area contributed by atoms with E-state index in [1.807, 2.05) is 0 Å². The summed E-state index contributed by atoms with van der Waals surface area (Å²) in [5.41, 5.74) is 1.38. The van der Waals surface area contributed by atoms with E-state index in [4.69, 9.17) is 0 Å². The summed E-state index contributed by atoms with van der Waals surface area (Å²) in [6, 6.07) is 9.62. The summed E-state index contributed by atoms with van der Waals surface area (Å²) in [7, 11) is 0. The van der Waals surface area contributed by atoms with Crippen molar-refractivity contribution in [2.45, 2.75) is 39.3 Å². The van der Waals surface area contributed by atoms with Crippen LogP contribution in [0.3, 0.4) is 0 Å². The number of benzene rings is 1. The van der Waals surface area contributed by atoms with Crippen molar-refractivity contribution in [1.29, 1.82) is 0 Å². The van der Waals surface area contributed by atoms with Crippen LogP contribution in [0.5, 0.6) is 0 Å². The van der Waals surface area contributed by atoms with Crippen molar-refractivity contribution >= 4 is 15.9 Å². The third-order valence-corrected chi connectivity index (χ3v) is 2.60. The molecule has 1 atom stereocenters. The lowest BCUT2D eigenvalue weighted by atomic mass is 10.1. The van der Waals surface area contributed by atoms with Gasteiger partial charge in [0.15, 0.2) is 0 Å². The summed E-state index contributed by atoms with van der Waals surface area (Å²) in [6.07, 6.45) is 1.09. The number of halogens is 1. The molecular weight excluding hydrogens is 238 g/mol. The summed E-state index contributed by atoms with van der Waals surface area (Å²) < 4.78 is 1.14. The van der Waals surface area contributed by atoms with Crippen LogP contribution in [0, 0.1) is 0 Å². The zero-order chi connectivity index (χ0) is 10.6. The van der Waals surface area contributed by atoms with Crippen LogP contribution in [0.2, 0.25) is 0 Å². The highest BCUT2D eigenvalue weighted by Crippen LogP contribution is 2.11. The molecule has 1 rings (SSSR count). The van der Waals surface area contributed by atoms with Crippen LogP contribution in [-0.4, -0.2) is 12.1 Å². The third-order valence-electron chi connectivity index (χ3n) is 2.07. The summed E-state index contributed by atoms with van der Waals surface area (Å²) in [4.78, 5) is 0. The zero-order valence-electron chi connectivity index (χ0n) is 9.05. The molecule has 2 heteroatoms. The maximum Gasteiger partial charge on any atom is 0.0175 e. The fourth-order valence-corrected chi connectivity index (χ4v) is 1.87. The van der Waals surface area contributed by atoms with Gasteiger partial charge in [-0.25, -0.2) is 0 Å². The maximum atomic E-state index is 3.49. The van der Waals surface area contributed by atoms with E-state index >= 15 is 0 Å². The second-order valence-corrected chi connectivity index (χ2v) is 4.97. The number of hydrogen-bond acceptors (Lipinski definition) is 1. The van der Waals surface area contributed by atoms with Gasteiger partial charge in [-0.05, 0) is 31.0 Å². The second kappa shape index (κ2) is 5.52. The van der Waals surface area contributed by atoms with Gasteiger partial charge in [0.2, 0.25) is 0 Å². The van der Waals surface area contributed by atoms with Crippen molar-refractivity contribution in [3.05, 3.63) is 34.3 Å². The molecule has 1 nitrogen and oxygen atoms in total. The molecule has 0 spiro atoms. The average Bonchev–Trinajstić information content (AvgIpc) is 2.07. The molecule has 0 aliphatic carbocycles. The molecule has 14 heavy (non-hydrogen) atoms. The average molecular weight is 256 g/mol. The predicted molar refractivity (Wildman–Crippen MR) is 65.6 cm³/mol. The standard InChI is InChI=1S/C12H18BrN/c1-9(2)14-10(3)8-11-4-6-12(13)7-5-11/h4-7,9-10,14H,8H2,1-3H3/t10-/m0/s1. The molecule has 0 saturated heterocycles. The van der Waals surface area contributed by atoms with E-state index in [1.165, 1.54) is 5.56 Å². The lowest BCUT2D eigenvalue weighted by Gasteiger charge is -2.16. The van der Waals surface area contributed by atoms with Crippen LogP contribution in [0.4, 0.5) is 0 Å². The molecule has 0 radical (unpaired) electrons. The minimum atomic E-state index is 0.538. The predicted octanol–water partition coefficient (Wildman–Crippen LogP) is 3.38. The van der Waals surface area contributed by atoms with Gasteiger partial charge in [-0.1, -0.05) is 41.9 Å². The third kappa shape index (κ3) is 4.25. The van der Waals surface area contributed by atoms with Crippen molar-refractivity contribution in [2.75, 3.05) is 0 Å². The van der Waals surface area contributed by atoms with Crippen LogP contribution in [-0.2, 0) is 6.42 Å². The largest absolute Gasteiger partial charge is 0.312 e. The fraction of sp³-hybridized carbons (Fsp3) is 0.500. The Kier molecular flexibility index (Phi) is 4.63. The Morgan fingerprint density at radius 2 is 1.71 bits per heavy atom. The zero-order valence-corrected chi connectivity index (χ0v) is 10.6. The Hall–Kier alpha value is -0.340. The Morgan fingerprint density at radius 3 is 2.21 bits per heavy atom. The van der Waals surface area contributed by atoms with E-state index in [9.17, 15) is 0 Å². The summed E-state index contributed by atoms with van der Waals surface area (Å²) in [5, 5.41) is 3.49. The molecule has 0 aromatic heterocycles. The molecule has 0 aliphatic heterocycles. The highest BCUT2D eigenvalue weighted by Gasteiger charge is 2.04. The minimum Gasteiger partial charge on any atom is -0.312 e. The monoisotopic (exact) mass is 255 g/mol. The van der Waals surface area contributed by atoms with Crippen molar-refractivity contribution in [3.63, 3.8) is 0 Å². The van der Waals surface area contributed by atoms with Crippen LogP contribution >= 0.6 is 15.9 Å². The van der Waals surface area contributed by atoms with E-state index in [0.29, 0.717) is 12.1 Å². The normalized spacial score (nSPS) is 13.2. The first kappa shape index (κ1) is 11.7. The Bertz CT molecular complexity index is 266. The SMILES string of the molecule is CC(C)N[C@@H](C)Cc1ccc(Br)cc1. The molecular formula is C12H18BrN. The molecule has 0 unspecified atom stereocenters. The summed E-state index contributed by atoms with van der Waals surface area (Å²) in [6.45, 7) is 6.58. The number of nitrogens with one attached hydrogen (secondary N) is 1. The van der Waals surface area contributed by atoms with E-state index in [1.54, 1.807) is 0 Å². The first-order valence-electron chi connectivity index (χ1n) is 5.08. The Balaban J connectivity index is 2.47. The van der Waals surface area contributed by atoms with Gasteiger partial charge in [0.25, 0.3) is 0 Å². The van der Waals surface area contributed by atoms with Gasteiger partial charge in [0.1, 0.15) is 0 Å². The first-order valence-corrected chi connectivity index (χ1v) is 5.87. The van der Waals surface area contributed by atoms with Crippen LogP contribution < -0.4 is 5.32 Å². The molecule has 78 valence electrons. The number of rotatable bonds is 4. The molecule has 0 bridgehead atoms. The van der Waals surface area contributed by atoms with Crippen molar-refractivity contribution in [3.8, 4) is 0 Å². The summed E-state index contributed by atoms with van der Waals surface area (Å²) >= 11 is 3.44. The molecule has 0 heterocycles. The number of hydrogen-bond donors (Lipinski definition) is 1. The van der Waals surface area contributed by atoms with E-state index in [-0.39, 0.29) is 0 Å². The fourth-order valence-electron chi connectivity index (χ4n) is 1.60. The van der Waals surface area contributed by atoms with E-state index < -0.39 is 0 Å². The van der Waals surface area contributed by atoms with Gasteiger partial charge in [-0.3, -0.25) is 0 Å². The van der Waals surface area contributed by atoms with E-state index in [0.717, 1.165) is 10.9 Å². The molecule has 1 N–H and O–H groups in total. The molecule has 1 aromatic rings. The van der Waals surface area contributed by atoms with Crippen LogP contribution in [0.15, 0.2) is 28.7 Å². The Labute approximate surface area is 95.0 Å². The van der Waals surface area contributed by atoms with Gasteiger partial charge < -0.3 is 5.32 Å². The van der Waals surface area contributed by atoms with Crippen molar-refractivity contribution < 1.29 is 0 Å².